The van der Waals surface area contributed by atoms with Gasteiger partial charge in [-0.25, -0.2) is 0 Å². The third kappa shape index (κ3) is 3.77. The number of anilines is 1. The van der Waals surface area contributed by atoms with Crippen LogP contribution >= 0.6 is 23.8 Å². The molecule has 22 heavy (non-hydrogen) atoms. The van der Waals surface area contributed by atoms with Crippen LogP contribution in [0.3, 0.4) is 0 Å². The van der Waals surface area contributed by atoms with Crippen LogP contribution in [-0.2, 0) is 5.60 Å². The smallest absolute Gasteiger partial charge is 0.170 e. The molecule has 0 aliphatic carbocycles. The lowest BCUT2D eigenvalue weighted by Gasteiger charge is -2.27. The predicted octanol–water partition coefficient (Wildman–Crippen LogP) is 3.90. The van der Waals surface area contributed by atoms with Gasteiger partial charge in [-0.3, -0.25) is 0 Å². The zero-order valence-corrected chi connectivity index (χ0v) is 14.1. The van der Waals surface area contributed by atoms with Crippen molar-refractivity contribution in [1.82, 2.24) is 5.32 Å². The summed E-state index contributed by atoms with van der Waals surface area (Å²) in [6.07, 6.45) is 0. The quantitative estimate of drug-likeness (QED) is 0.742. The molecular formula is C17H19ClN2OS. The number of aliphatic hydroxyl groups is 1. The van der Waals surface area contributed by atoms with E-state index in [0.717, 1.165) is 17.8 Å². The summed E-state index contributed by atoms with van der Waals surface area (Å²) in [6, 6.07) is 14.8. The molecule has 0 amide bonds. The average molecular weight is 335 g/mol. The van der Waals surface area contributed by atoms with E-state index in [1.54, 1.807) is 19.1 Å². The number of thiocarbonyl (C=S) groups is 1. The lowest BCUT2D eigenvalue weighted by Crippen LogP contribution is -2.30. The van der Waals surface area contributed by atoms with Gasteiger partial charge in [-0.05, 0) is 49.8 Å². The summed E-state index contributed by atoms with van der Waals surface area (Å²) in [5.74, 6) is 0. The van der Waals surface area contributed by atoms with E-state index >= 15 is 0 Å². The fraction of sp³-hybridized carbons (Fsp3) is 0.235. The average Bonchev–Trinajstić information content (AvgIpc) is 2.50. The second kappa shape index (κ2) is 7.09. The normalized spacial score (nSPS) is 13.3. The summed E-state index contributed by atoms with van der Waals surface area (Å²) < 4.78 is 0. The van der Waals surface area contributed by atoms with Gasteiger partial charge < -0.3 is 15.7 Å². The Balaban J connectivity index is 2.44. The van der Waals surface area contributed by atoms with Crippen LogP contribution in [-0.4, -0.2) is 16.8 Å². The van der Waals surface area contributed by atoms with Gasteiger partial charge in [0.1, 0.15) is 5.60 Å². The summed E-state index contributed by atoms with van der Waals surface area (Å²) in [5.41, 5.74) is 1.00. The van der Waals surface area contributed by atoms with Gasteiger partial charge >= 0.3 is 0 Å². The standard InChI is InChI=1S/C17H19ClN2OS/c1-3-19-16(22)20-15-10-9-13(18)11-14(15)17(2,21)12-7-5-4-6-8-12/h4-11,21H,3H2,1-2H3,(H2,19,20,22)/t17-/m0/s1. The number of rotatable bonds is 4. The van der Waals surface area contributed by atoms with E-state index in [9.17, 15) is 5.11 Å². The molecule has 3 N–H and O–H groups in total. The first-order valence-corrected chi connectivity index (χ1v) is 7.86. The van der Waals surface area contributed by atoms with Gasteiger partial charge in [0, 0.05) is 22.8 Å². The van der Waals surface area contributed by atoms with Crippen molar-refractivity contribution < 1.29 is 5.11 Å². The molecule has 2 aromatic rings. The minimum Gasteiger partial charge on any atom is -0.381 e. The molecule has 0 aliphatic heterocycles. The molecule has 0 saturated carbocycles. The van der Waals surface area contributed by atoms with Crippen LogP contribution in [0.2, 0.25) is 5.02 Å². The van der Waals surface area contributed by atoms with Gasteiger partial charge in [-0.1, -0.05) is 41.9 Å². The molecule has 5 heteroatoms. The van der Waals surface area contributed by atoms with Crippen molar-refractivity contribution in [2.45, 2.75) is 19.4 Å². The van der Waals surface area contributed by atoms with Crippen molar-refractivity contribution in [2.75, 3.05) is 11.9 Å². The Hall–Kier alpha value is -1.62. The first kappa shape index (κ1) is 16.7. The van der Waals surface area contributed by atoms with Crippen LogP contribution in [0.5, 0.6) is 0 Å². The van der Waals surface area contributed by atoms with Crippen molar-refractivity contribution in [1.29, 1.82) is 0 Å². The maximum atomic E-state index is 11.0. The number of benzene rings is 2. The number of hydrogen-bond acceptors (Lipinski definition) is 2. The second-order valence-electron chi connectivity index (χ2n) is 5.11. The molecule has 116 valence electrons. The number of hydrogen-bond donors (Lipinski definition) is 3. The fourth-order valence-electron chi connectivity index (χ4n) is 2.27. The number of halogens is 1. The molecule has 0 fully saturated rings. The zero-order chi connectivity index (χ0) is 16.2. The Morgan fingerprint density at radius 3 is 2.55 bits per heavy atom. The zero-order valence-electron chi connectivity index (χ0n) is 12.6. The Kier molecular flexibility index (Phi) is 5.40. The molecule has 0 aliphatic rings. The Morgan fingerprint density at radius 2 is 1.91 bits per heavy atom. The van der Waals surface area contributed by atoms with Crippen molar-refractivity contribution >= 4 is 34.6 Å². The largest absolute Gasteiger partial charge is 0.381 e. The van der Waals surface area contributed by atoms with E-state index in [1.165, 1.54) is 0 Å². The molecule has 0 unspecified atom stereocenters. The second-order valence-corrected chi connectivity index (χ2v) is 5.96. The summed E-state index contributed by atoms with van der Waals surface area (Å²) in [7, 11) is 0. The van der Waals surface area contributed by atoms with Crippen molar-refractivity contribution in [2.24, 2.45) is 0 Å². The van der Waals surface area contributed by atoms with E-state index in [4.69, 9.17) is 23.8 Å². The Bertz CT molecular complexity index is 659. The highest BCUT2D eigenvalue weighted by atomic mass is 35.5. The molecule has 0 aromatic heterocycles. The van der Waals surface area contributed by atoms with Crippen LogP contribution in [0.25, 0.3) is 0 Å². The third-order valence-corrected chi connectivity index (χ3v) is 3.91. The van der Waals surface area contributed by atoms with Gasteiger partial charge in [0.25, 0.3) is 0 Å². The molecule has 0 spiro atoms. The summed E-state index contributed by atoms with van der Waals surface area (Å²) in [6.45, 7) is 4.44. The molecule has 0 saturated heterocycles. The van der Waals surface area contributed by atoms with E-state index < -0.39 is 5.60 Å². The molecular weight excluding hydrogens is 316 g/mol. The monoisotopic (exact) mass is 334 g/mol. The minimum absolute atomic E-state index is 0.509. The van der Waals surface area contributed by atoms with Crippen molar-refractivity contribution in [3.8, 4) is 0 Å². The summed E-state index contributed by atoms with van der Waals surface area (Å²) in [5, 5.41) is 18.3. The maximum absolute atomic E-state index is 11.0. The fourth-order valence-corrected chi connectivity index (χ4v) is 2.70. The van der Waals surface area contributed by atoms with E-state index in [2.05, 4.69) is 10.6 Å². The topological polar surface area (TPSA) is 44.3 Å². The summed E-state index contributed by atoms with van der Waals surface area (Å²) in [4.78, 5) is 0. The molecule has 0 radical (unpaired) electrons. The molecule has 2 rings (SSSR count). The molecule has 0 bridgehead atoms. The minimum atomic E-state index is -1.18. The lowest BCUT2D eigenvalue weighted by atomic mass is 9.87. The van der Waals surface area contributed by atoms with Crippen LogP contribution in [0, 0.1) is 0 Å². The highest BCUT2D eigenvalue weighted by molar-refractivity contribution is 7.80. The Labute approximate surface area is 141 Å². The van der Waals surface area contributed by atoms with Crippen LogP contribution in [0.1, 0.15) is 25.0 Å². The van der Waals surface area contributed by atoms with Crippen LogP contribution in [0.15, 0.2) is 48.5 Å². The Morgan fingerprint density at radius 1 is 1.23 bits per heavy atom. The molecule has 1 atom stereocenters. The van der Waals surface area contributed by atoms with Gasteiger partial charge in [-0.2, -0.15) is 0 Å². The first-order chi connectivity index (χ1) is 10.4. The molecule has 3 nitrogen and oxygen atoms in total. The molecule has 0 heterocycles. The van der Waals surface area contributed by atoms with Crippen molar-refractivity contribution in [3.63, 3.8) is 0 Å². The van der Waals surface area contributed by atoms with Gasteiger partial charge in [0.15, 0.2) is 5.11 Å². The number of nitrogens with one attached hydrogen (secondary N) is 2. The predicted molar refractivity (Wildman–Crippen MR) is 96.5 cm³/mol. The van der Waals surface area contributed by atoms with Gasteiger partial charge in [0.2, 0.25) is 0 Å². The maximum Gasteiger partial charge on any atom is 0.170 e. The van der Waals surface area contributed by atoms with Crippen LogP contribution in [0.4, 0.5) is 5.69 Å². The molecule has 2 aromatic carbocycles. The van der Waals surface area contributed by atoms with E-state index in [1.807, 2.05) is 43.3 Å². The van der Waals surface area contributed by atoms with Crippen molar-refractivity contribution in [3.05, 3.63) is 64.7 Å². The van der Waals surface area contributed by atoms with E-state index in [0.29, 0.717) is 15.7 Å². The van der Waals surface area contributed by atoms with Gasteiger partial charge in [0.05, 0.1) is 0 Å². The first-order valence-electron chi connectivity index (χ1n) is 7.08. The highest BCUT2D eigenvalue weighted by Gasteiger charge is 2.28. The SMILES string of the molecule is CCNC(=S)Nc1ccc(Cl)cc1[C@@](C)(O)c1ccccc1. The van der Waals surface area contributed by atoms with Gasteiger partial charge in [-0.15, -0.1) is 0 Å². The van der Waals surface area contributed by atoms with E-state index in [-0.39, 0.29) is 0 Å². The lowest BCUT2D eigenvalue weighted by molar-refractivity contribution is 0.103. The highest BCUT2D eigenvalue weighted by Crippen LogP contribution is 2.35. The summed E-state index contributed by atoms with van der Waals surface area (Å²) >= 11 is 11.4. The van der Waals surface area contributed by atoms with Crippen LogP contribution < -0.4 is 10.6 Å². The third-order valence-electron chi connectivity index (χ3n) is 3.43.